The molecule has 3 fully saturated rings. The smallest absolute Gasteiger partial charge is 0.261 e. The fourth-order valence-electron chi connectivity index (χ4n) is 7.82. The van der Waals surface area contributed by atoms with Gasteiger partial charge in [-0.05, 0) is 86.1 Å². The van der Waals surface area contributed by atoms with Crippen LogP contribution in [-0.4, -0.2) is 58.7 Å². The molecule has 1 unspecified atom stereocenters. The van der Waals surface area contributed by atoms with Crippen LogP contribution in [0.25, 0.3) is 10.9 Å². The molecule has 2 aromatic carbocycles. The van der Waals surface area contributed by atoms with Crippen molar-refractivity contribution in [1.29, 1.82) is 0 Å². The van der Waals surface area contributed by atoms with Gasteiger partial charge in [0, 0.05) is 43.5 Å². The number of fused-ring (bicyclic) bond motifs is 3. The van der Waals surface area contributed by atoms with Crippen LogP contribution in [0.15, 0.2) is 52.5 Å². The van der Waals surface area contributed by atoms with E-state index in [1.165, 1.54) is 26.0 Å². The quantitative estimate of drug-likeness (QED) is 0.294. The molecule has 2 saturated carbocycles. The Kier molecular flexibility index (Phi) is 7.73. The van der Waals surface area contributed by atoms with Crippen molar-refractivity contribution in [3.8, 4) is 5.75 Å². The molecule has 2 aliphatic carbocycles. The van der Waals surface area contributed by atoms with E-state index in [2.05, 4.69) is 55.1 Å². The molecule has 3 aliphatic rings. The molecular weight excluding hydrogens is 543 g/mol. The van der Waals surface area contributed by atoms with Crippen molar-refractivity contribution in [1.82, 2.24) is 19.8 Å². The first-order valence-corrected chi connectivity index (χ1v) is 15.7. The number of rotatable bonds is 6. The maximum absolute atomic E-state index is 14.4. The van der Waals surface area contributed by atoms with E-state index < -0.39 is 0 Å². The van der Waals surface area contributed by atoms with Crippen molar-refractivity contribution >= 4 is 22.5 Å². The third-order valence-electron chi connectivity index (χ3n) is 10.8. The normalized spacial score (nSPS) is 28.4. The first-order chi connectivity index (χ1) is 20.5. The zero-order valence-corrected chi connectivity index (χ0v) is 26.3. The van der Waals surface area contributed by atoms with E-state index >= 15 is 0 Å². The predicted octanol–water partition coefficient (Wildman–Crippen LogP) is 5.45. The minimum absolute atomic E-state index is 0.138. The number of piperazine rings is 1. The summed E-state index contributed by atoms with van der Waals surface area (Å²) in [5.41, 5.74) is 2.34. The number of guanidine groups is 1. The molecular formula is C34H45FN6O2. The number of methoxy groups -OCH3 is 1. The van der Waals surface area contributed by atoms with E-state index in [0.29, 0.717) is 53.2 Å². The van der Waals surface area contributed by atoms with Gasteiger partial charge in [-0.3, -0.25) is 9.36 Å². The Morgan fingerprint density at radius 3 is 2.58 bits per heavy atom. The van der Waals surface area contributed by atoms with Crippen molar-refractivity contribution in [3.63, 3.8) is 0 Å². The predicted molar refractivity (Wildman–Crippen MR) is 170 cm³/mol. The summed E-state index contributed by atoms with van der Waals surface area (Å²) in [6.45, 7) is 13.8. The van der Waals surface area contributed by atoms with Gasteiger partial charge in [0.1, 0.15) is 11.6 Å². The zero-order valence-electron chi connectivity index (χ0n) is 26.3. The highest BCUT2D eigenvalue weighted by atomic mass is 19.1. The maximum atomic E-state index is 14.4. The number of nitrogens with one attached hydrogen (secondary N) is 2. The molecule has 2 N–H and O–H groups in total. The minimum Gasteiger partial charge on any atom is -0.497 e. The third kappa shape index (κ3) is 5.41. The van der Waals surface area contributed by atoms with E-state index in [9.17, 15) is 9.18 Å². The van der Waals surface area contributed by atoms with Crippen LogP contribution in [0.4, 0.5) is 10.1 Å². The lowest BCUT2D eigenvalue weighted by atomic mass is 9.69. The third-order valence-corrected chi connectivity index (χ3v) is 10.8. The van der Waals surface area contributed by atoms with E-state index in [1.807, 2.05) is 18.2 Å². The zero-order chi connectivity index (χ0) is 30.5. The summed E-state index contributed by atoms with van der Waals surface area (Å²) < 4.78 is 21.1. The summed E-state index contributed by atoms with van der Waals surface area (Å²) in [4.78, 5) is 25.8. The van der Waals surface area contributed by atoms with E-state index in [-0.39, 0.29) is 28.2 Å². The van der Waals surface area contributed by atoms with Gasteiger partial charge in [0.25, 0.3) is 5.56 Å². The van der Waals surface area contributed by atoms with Gasteiger partial charge in [0.15, 0.2) is 5.96 Å². The SMILES string of the molecule is COc1ccc(CCn2cnc3cc(N/C(=N/C4C[C@@H]5CC[C@@]4(C)C5(C)C)N4C[C@@H](C)N[C@@H](C)C4)ccc3c2=O)c(F)c1. The molecule has 6 rings (SSSR count). The fraction of sp³-hybridized carbons (Fsp3) is 0.559. The Hall–Kier alpha value is -3.46. The average molecular weight is 589 g/mol. The number of aliphatic imine (C=N–C) groups is 1. The molecule has 230 valence electrons. The van der Waals surface area contributed by atoms with E-state index in [0.717, 1.165) is 31.2 Å². The average Bonchev–Trinajstić information content (AvgIpc) is 3.30. The molecule has 9 heteroatoms. The topological polar surface area (TPSA) is 83.8 Å². The molecule has 2 bridgehead atoms. The summed E-state index contributed by atoms with van der Waals surface area (Å²) in [6, 6.07) is 11.5. The van der Waals surface area contributed by atoms with Crippen LogP contribution < -0.4 is 20.9 Å². The van der Waals surface area contributed by atoms with Crippen molar-refractivity contribution in [2.24, 2.45) is 21.7 Å². The Labute approximate surface area is 253 Å². The lowest BCUT2D eigenvalue weighted by Gasteiger charge is -2.41. The Morgan fingerprint density at radius 2 is 1.93 bits per heavy atom. The van der Waals surface area contributed by atoms with Crippen molar-refractivity contribution in [2.75, 3.05) is 25.5 Å². The molecule has 5 atom stereocenters. The number of anilines is 1. The highest BCUT2D eigenvalue weighted by molar-refractivity contribution is 5.96. The second-order valence-electron chi connectivity index (χ2n) is 13.8. The molecule has 0 spiro atoms. The number of halogens is 1. The summed E-state index contributed by atoms with van der Waals surface area (Å²) >= 11 is 0. The van der Waals surface area contributed by atoms with Crippen LogP contribution in [-0.2, 0) is 13.0 Å². The van der Waals surface area contributed by atoms with Crippen molar-refractivity contribution < 1.29 is 9.13 Å². The van der Waals surface area contributed by atoms with Crippen LogP contribution >= 0.6 is 0 Å². The van der Waals surface area contributed by atoms with E-state index in [1.54, 1.807) is 23.0 Å². The molecule has 1 saturated heterocycles. The van der Waals surface area contributed by atoms with Gasteiger partial charge in [-0.15, -0.1) is 0 Å². The highest BCUT2D eigenvalue weighted by Gasteiger charge is 2.61. The van der Waals surface area contributed by atoms with Crippen LogP contribution in [0.1, 0.15) is 59.4 Å². The second-order valence-corrected chi connectivity index (χ2v) is 13.8. The summed E-state index contributed by atoms with van der Waals surface area (Å²) in [5.74, 6) is 1.74. The van der Waals surface area contributed by atoms with Crippen LogP contribution in [0, 0.1) is 22.6 Å². The Bertz CT molecular complexity index is 1590. The van der Waals surface area contributed by atoms with Gasteiger partial charge < -0.3 is 20.3 Å². The summed E-state index contributed by atoms with van der Waals surface area (Å²) in [7, 11) is 1.51. The van der Waals surface area contributed by atoms with Crippen LogP contribution in [0.3, 0.4) is 0 Å². The summed E-state index contributed by atoms with van der Waals surface area (Å²) in [6.07, 6.45) is 5.58. The number of benzene rings is 2. The lowest BCUT2D eigenvalue weighted by Crippen LogP contribution is -2.57. The van der Waals surface area contributed by atoms with Crippen molar-refractivity contribution in [2.45, 2.75) is 85.0 Å². The molecule has 8 nitrogen and oxygen atoms in total. The van der Waals surface area contributed by atoms with Gasteiger partial charge >= 0.3 is 0 Å². The largest absolute Gasteiger partial charge is 0.497 e. The first kappa shape index (κ1) is 29.6. The van der Waals surface area contributed by atoms with Gasteiger partial charge in [-0.1, -0.05) is 26.8 Å². The summed E-state index contributed by atoms with van der Waals surface area (Å²) in [5, 5.41) is 7.83. The molecule has 0 amide bonds. The number of ether oxygens (including phenoxy) is 1. The molecule has 1 aromatic heterocycles. The standard InChI is InChI=1S/C34H45FN6O2/c1-21-18-41(19-22(2)37-21)32(39-30-15-24-11-13-34(30,5)33(24,3)4)38-25-8-10-27-29(16-25)36-20-40(31(27)42)14-12-23-7-9-26(43-6)17-28(23)35/h7-10,16-17,20-22,24,30,37H,11-15,18-19H2,1-6H3,(H,38,39)/t21-,22+,24-,30?,34+/m0/s1. The monoisotopic (exact) mass is 588 g/mol. The van der Waals surface area contributed by atoms with Gasteiger partial charge in [0.2, 0.25) is 0 Å². The number of aryl methyl sites for hydroxylation is 2. The van der Waals surface area contributed by atoms with Gasteiger partial charge in [-0.25, -0.2) is 14.4 Å². The van der Waals surface area contributed by atoms with Crippen LogP contribution in [0.2, 0.25) is 0 Å². The minimum atomic E-state index is -0.342. The fourth-order valence-corrected chi connectivity index (χ4v) is 7.82. The van der Waals surface area contributed by atoms with Gasteiger partial charge in [-0.2, -0.15) is 0 Å². The number of aromatic nitrogens is 2. The molecule has 1 aliphatic heterocycles. The van der Waals surface area contributed by atoms with Crippen molar-refractivity contribution in [3.05, 3.63) is 64.5 Å². The van der Waals surface area contributed by atoms with E-state index in [4.69, 9.17) is 9.73 Å². The maximum Gasteiger partial charge on any atom is 0.261 e. The second kappa shape index (κ2) is 11.2. The Balaban J connectivity index is 1.26. The number of hydrogen-bond donors (Lipinski definition) is 2. The molecule has 43 heavy (non-hydrogen) atoms. The highest BCUT2D eigenvalue weighted by Crippen LogP contribution is 2.66. The Morgan fingerprint density at radius 1 is 1.16 bits per heavy atom. The molecule has 0 radical (unpaired) electrons. The first-order valence-electron chi connectivity index (χ1n) is 15.7. The van der Waals surface area contributed by atoms with Gasteiger partial charge in [0.05, 0.1) is 30.4 Å². The number of hydrogen-bond acceptors (Lipinski definition) is 5. The lowest BCUT2D eigenvalue weighted by molar-refractivity contribution is 0.136. The number of nitrogens with zero attached hydrogens (tertiary/aromatic N) is 4. The van der Waals surface area contributed by atoms with Crippen LogP contribution in [0.5, 0.6) is 5.75 Å². The molecule has 2 heterocycles. The molecule has 3 aromatic rings.